The Morgan fingerprint density at radius 3 is 2.50 bits per heavy atom. The van der Waals surface area contributed by atoms with Gasteiger partial charge in [0.2, 0.25) is 0 Å². The molecule has 0 aromatic heterocycles. The third-order valence-corrected chi connectivity index (χ3v) is 3.17. The van der Waals surface area contributed by atoms with Gasteiger partial charge in [-0.3, -0.25) is 10.7 Å². The van der Waals surface area contributed by atoms with E-state index in [0.717, 1.165) is 31.5 Å². The van der Waals surface area contributed by atoms with Crippen molar-refractivity contribution in [1.29, 1.82) is 5.41 Å². The zero-order valence-electron chi connectivity index (χ0n) is 13.9. The van der Waals surface area contributed by atoms with E-state index >= 15 is 0 Å². The van der Waals surface area contributed by atoms with E-state index in [1.54, 1.807) is 0 Å². The Hall–Kier alpha value is -2.24. The van der Waals surface area contributed by atoms with Crippen molar-refractivity contribution in [1.82, 2.24) is 15.1 Å². The summed E-state index contributed by atoms with van der Waals surface area (Å²) in [6.07, 6.45) is 7.97. The van der Waals surface area contributed by atoms with E-state index in [1.165, 1.54) is 0 Å². The average Bonchev–Trinajstić information content (AvgIpc) is 3.26. The molecular formula is C16H27N5O. The summed E-state index contributed by atoms with van der Waals surface area (Å²) in [6, 6.07) is -0.603. The van der Waals surface area contributed by atoms with Crippen LogP contribution >= 0.6 is 0 Å². The third kappa shape index (κ3) is 5.63. The minimum absolute atomic E-state index is 0.386. The van der Waals surface area contributed by atoms with E-state index in [1.807, 2.05) is 43.1 Å². The van der Waals surface area contributed by atoms with Gasteiger partial charge in [0, 0.05) is 44.5 Å². The molecule has 0 bridgehead atoms. The quantitative estimate of drug-likeness (QED) is 0.364. The smallest absolute Gasteiger partial charge is 0.317 e. The molecule has 0 atom stereocenters. The SMILES string of the molecule is CCC/C=C\C(=C/N(C)C)C(=N)/C(C)=C(/NC(N)=O)N1CC1. The number of rotatable bonds is 8. The standard InChI is InChI=1S/C16H27N5O/c1-5-6-7-8-13(11-20(3)4)14(17)12(2)15(19-16(18)22)21-9-10-21/h7-8,11,17H,5-6,9-10H2,1-4H3,(H3,18,19,22)/b8-7-,13-11+,15-12-,17-14?. The van der Waals surface area contributed by atoms with Crippen LogP contribution in [0.1, 0.15) is 26.7 Å². The first-order chi connectivity index (χ1) is 10.4. The van der Waals surface area contributed by atoms with E-state index < -0.39 is 6.03 Å². The van der Waals surface area contributed by atoms with Crippen LogP contribution in [-0.4, -0.2) is 48.7 Å². The topological polar surface area (TPSA) is 85.2 Å². The van der Waals surface area contributed by atoms with Crippen molar-refractivity contribution >= 4 is 11.7 Å². The minimum Gasteiger partial charge on any atom is -0.383 e. The van der Waals surface area contributed by atoms with Crippen LogP contribution in [-0.2, 0) is 0 Å². The summed E-state index contributed by atoms with van der Waals surface area (Å²) in [5.41, 5.74) is 7.14. The van der Waals surface area contributed by atoms with Crippen molar-refractivity contribution < 1.29 is 4.79 Å². The normalized spacial score (nSPS) is 15.6. The molecule has 0 unspecified atom stereocenters. The van der Waals surface area contributed by atoms with Crippen LogP contribution in [0.3, 0.4) is 0 Å². The highest BCUT2D eigenvalue weighted by Crippen LogP contribution is 2.19. The number of carbonyl (C=O) groups excluding carboxylic acids is 1. The Morgan fingerprint density at radius 1 is 1.41 bits per heavy atom. The van der Waals surface area contributed by atoms with Crippen LogP contribution in [0.25, 0.3) is 0 Å². The number of carbonyl (C=O) groups is 1. The number of nitrogens with two attached hydrogens (primary N) is 1. The molecule has 122 valence electrons. The number of primary amides is 1. The van der Waals surface area contributed by atoms with Gasteiger partial charge >= 0.3 is 6.03 Å². The fraction of sp³-hybridized carbons (Fsp3) is 0.500. The number of urea groups is 1. The molecule has 0 aromatic carbocycles. The summed E-state index contributed by atoms with van der Waals surface area (Å²) in [5.74, 6) is 0.631. The Labute approximate surface area is 132 Å². The number of nitrogens with zero attached hydrogens (tertiary/aromatic N) is 2. The number of amides is 2. The lowest BCUT2D eigenvalue weighted by Gasteiger charge is -2.16. The average molecular weight is 305 g/mol. The van der Waals surface area contributed by atoms with E-state index in [0.29, 0.717) is 17.1 Å². The molecule has 2 amide bonds. The lowest BCUT2D eigenvalue weighted by molar-refractivity contribution is 0.249. The summed E-state index contributed by atoms with van der Waals surface area (Å²) < 4.78 is 0. The largest absolute Gasteiger partial charge is 0.383 e. The molecule has 6 nitrogen and oxygen atoms in total. The first kappa shape index (κ1) is 17.8. The predicted molar refractivity (Wildman–Crippen MR) is 90.5 cm³/mol. The van der Waals surface area contributed by atoms with Gasteiger partial charge < -0.3 is 15.5 Å². The maximum Gasteiger partial charge on any atom is 0.317 e. The molecule has 0 spiro atoms. The lowest BCUT2D eigenvalue weighted by atomic mass is 10.0. The monoisotopic (exact) mass is 305 g/mol. The van der Waals surface area contributed by atoms with E-state index in [-0.39, 0.29) is 0 Å². The van der Waals surface area contributed by atoms with Crippen LogP contribution in [0.5, 0.6) is 0 Å². The first-order valence-electron chi connectivity index (χ1n) is 7.53. The molecule has 22 heavy (non-hydrogen) atoms. The van der Waals surface area contributed by atoms with E-state index in [2.05, 4.69) is 18.3 Å². The highest BCUT2D eigenvalue weighted by Gasteiger charge is 2.25. The van der Waals surface area contributed by atoms with Crippen LogP contribution in [0, 0.1) is 5.41 Å². The zero-order valence-corrected chi connectivity index (χ0v) is 13.9. The van der Waals surface area contributed by atoms with Crippen molar-refractivity contribution in [3.05, 3.63) is 35.3 Å². The third-order valence-electron chi connectivity index (χ3n) is 3.17. The Bertz CT molecular complexity index is 513. The van der Waals surface area contributed by atoms with E-state index in [4.69, 9.17) is 11.1 Å². The molecule has 1 rings (SSSR count). The highest BCUT2D eigenvalue weighted by atomic mass is 16.2. The molecule has 1 fully saturated rings. The van der Waals surface area contributed by atoms with Crippen LogP contribution in [0.15, 0.2) is 35.3 Å². The molecule has 0 radical (unpaired) electrons. The molecule has 1 heterocycles. The van der Waals surface area contributed by atoms with Gasteiger partial charge in [-0.2, -0.15) is 0 Å². The maximum absolute atomic E-state index is 11.2. The van der Waals surface area contributed by atoms with Gasteiger partial charge in [-0.05, 0) is 13.3 Å². The summed E-state index contributed by atoms with van der Waals surface area (Å²) in [5, 5.41) is 11.1. The number of unbranched alkanes of at least 4 members (excludes halogenated alkanes) is 1. The molecule has 1 aliphatic rings. The molecule has 4 N–H and O–H groups in total. The fourth-order valence-electron chi connectivity index (χ4n) is 1.98. The summed E-state index contributed by atoms with van der Waals surface area (Å²) in [7, 11) is 3.85. The number of hydrogen-bond donors (Lipinski definition) is 3. The second kappa shape index (κ2) is 8.26. The van der Waals surface area contributed by atoms with Crippen LogP contribution in [0.2, 0.25) is 0 Å². The van der Waals surface area contributed by atoms with Crippen molar-refractivity contribution in [3.8, 4) is 0 Å². The Balaban J connectivity index is 3.07. The molecule has 0 saturated carbocycles. The van der Waals surface area contributed by atoms with Crippen LogP contribution in [0.4, 0.5) is 4.79 Å². The minimum atomic E-state index is -0.603. The van der Waals surface area contributed by atoms with Gasteiger partial charge in [0.15, 0.2) is 0 Å². The number of hydrogen-bond acceptors (Lipinski definition) is 4. The summed E-state index contributed by atoms with van der Waals surface area (Å²) >= 11 is 0. The zero-order chi connectivity index (χ0) is 16.7. The van der Waals surface area contributed by atoms with Gasteiger partial charge in [0.1, 0.15) is 5.82 Å². The maximum atomic E-state index is 11.2. The summed E-state index contributed by atoms with van der Waals surface area (Å²) in [6.45, 7) is 5.70. The Kier molecular flexibility index (Phi) is 6.69. The van der Waals surface area contributed by atoms with Crippen molar-refractivity contribution in [2.75, 3.05) is 27.2 Å². The van der Waals surface area contributed by atoms with Gasteiger partial charge in [0.05, 0.1) is 5.71 Å². The molecule has 1 saturated heterocycles. The van der Waals surface area contributed by atoms with Gasteiger partial charge in [-0.15, -0.1) is 0 Å². The van der Waals surface area contributed by atoms with Crippen LogP contribution < -0.4 is 11.1 Å². The molecule has 6 heteroatoms. The molecule has 0 aliphatic carbocycles. The second-order valence-corrected chi connectivity index (χ2v) is 5.56. The first-order valence-corrected chi connectivity index (χ1v) is 7.53. The summed E-state index contributed by atoms with van der Waals surface area (Å²) in [4.78, 5) is 15.1. The van der Waals surface area contributed by atoms with Gasteiger partial charge in [0.25, 0.3) is 0 Å². The molecular weight excluding hydrogens is 278 g/mol. The van der Waals surface area contributed by atoms with E-state index in [9.17, 15) is 4.79 Å². The number of allylic oxidation sites excluding steroid dienone is 4. The highest BCUT2D eigenvalue weighted by molar-refractivity contribution is 6.12. The molecule has 0 aromatic rings. The molecule has 1 aliphatic heterocycles. The van der Waals surface area contributed by atoms with Crippen molar-refractivity contribution in [3.63, 3.8) is 0 Å². The second-order valence-electron chi connectivity index (χ2n) is 5.56. The fourth-order valence-corrected chi connectivity index (χ4v) is 1.98. The van der Waals surface area contributed by atoms with Gasteiger partial charge in [-0.25, -0.2) is 4.79 Å². The Morgan fingerprint density at radius 2 is 2.05 bits per heavy atom. The van der Waals surface area contributed by atoms with Crippen molar-refractivity contribution in [2.45, 2.75) is 26.7 Å². The van der Waals surface area contributed by atoms with Gasteiger partial charge in [-0.1, -0.05) is 25.5 Å². The number of nitrogens with one attached hydrogen (secondary N) is 2. The van der Waals surface area contributed by atoms with Crippen molar-refractivity contribution in [2.24, 2.45) is 5.73 Å². The predicted octanol–water partition coefficient (Wildman–Crippen LogP) is 2.02. The lowest BCUT2D eigenvalue weighted by Crippen LogP contribution is -2.33.